The first-order chi connectivity index (χ1) is 6.86. The molecule has 0 aliphatic rings. The summed E-state index contributed by atoms with van der Waals surface area (Å²) in [4.78, 5) is 11.8. The lowest BCUT2D eigenvalue weighted by molar-refractivity contribution is 0.0858. The normalized spacial score (nSPS) is 11.5. The maximum atomic E-state index is 13.4. The van der Waals surface area contributed by atoms with Crippen molar-refractivity contribution in [1.82, 2.24) is 0 Å². The number of hydrogen-bond acceptors (Lipinski definition) is 1. The Morgan fingerprint density at radius 2 is 2.00 bits per heavy atom. The van der Waals surface area contributed by atoms with Crippen LogP contribution in [0, 0.1) is 11.2 Å². The quantitative estimate of drug-likeness (QED) is 0.589. The molecule has 3 heteroatoms. The van der Waals surface area contributed by atoms with Gasteiger partial charge in [-0.25, -0.2) is 4.39 Å². The van der Waals surface area contributed by atoms with Crippen molar-refractivity contribution in [2.24, 2.45) is 5.41 Å². The summed E-state index contributed by atoms with van der Waals surface area (Å²) in [6, 6.07) is 4.63. The van der Waals surface area contributed by atoms with Crippen LogP contribution in [-0.4, -0.2) is 5.78 Å². The minimum absolute atomic E-state index is 0.0393. The average molecular weight is 273 g/mol. The minimum atomic E-state index is -0.470. The van der Waals surface area contributed by atoms with Crippen molar-refractivity contribution in [3.05, 3.63) is 35.1 Å². The Kier molecular flexibility index (Phi) is 3.66. The molecule has 0 atom stereocenters. The molecule has 1 aromatic rings. The first kappa shape index (κ1) is 12.4. The zero-order chi connectivity index (χ0) is 11.6. The van der Waals surface area contributed by atoms with Crippen molar-refractivity contribution in [2.45, 2.75) is 26.1 Å². The van der Waals surface area contributed by atoms with Crippen LogP contribution in [0.1, 0.15) is 36.7 Å². The summed E-state index contributed by atoms with van der Waals surface area (Å²) in [6.07, 6.45) is 0. The van der Waals surface area contributed by atoms with E-state index in [1.165, 1.54) is 6.07 Å². The fourth-order valence-corrected chi connectivity index (χ4v) is 1.68. The fraction of sp³-hybridized carbons (Fsp3) is 0.417. The predicted molar refractivity (Wildman–Crippen MR) is 62.8 cm³/mol. The summed E-state index contributed by atoms with van der Waals surface area (Å²) < 4.78 is 13.4. The molecule has 0 aliphatic heterocycles. The highest BCUT2D eigenvalue weighted by Gasteiger charge is 2.23. The summed E-state index contributed by atoms with van der Waals surface area (Å²) in [6.45, 7) is 5.48. The SMILES string of the molecule is CC(C)(C)C(=O)c1ccc(CBr)c(F)c1. The van der Waals surface area contributed by atoms with Gasteiger partial charge in [0.1, 0.15) is 5.82 Å². The van der Waals surface area contributed by atoms with Crippen LogP contribution in [-0.2, 0) is 5.33 Å². The monoisotopic (exact) mass is 272 g/mol. The van der Waals surface area contributed by atoms with Gasteiger partial charge in [0.25, 0.3) is 0 Å². The highest BCUT2D eigenvalue weighted by atomic mass is 79.9. The standard InChI is InChI=1S/C12H14BrFO/c1-12(2,3)11(15)8-4-5-9(7-13)10(14)6-8/h4-6H,7H2,1-3H3. The molecule has 0 heterocycles. The number of ketones is 1. The Bertz CT molecular complexity index is 380. The molecular weight excluding hydrogens is 259 g/mol. The van der Waals surface area contributed by atoms with E-state index in [4.69, 9.17) is 0 Å². The molecule has 15 heavy (non-hydrogen) atoms. The molecule has 0 N–H and O–H groups in total. The molecule has 0 saturated carbocycles. The second-order valence-electron chi connectivity index (χ2n) is 4.52. The number of halogens is 2. The third-order valence-corrected chi connectivity index (χ3v) is 2.74. The van der Waals surface area contributed by atoms with E-state index in [-0.39, 0.29) is 11.6 Å². The molecule has 0 fully saturated rings. The number of Topliss-reactive ketones (excluding diaryl/α,β-unsaturated/α-hetero) is 1. The molecule has 0 aromatic heterocycles. The van der Waals surface area contributed by atoms with Crippen LogP contribution < -0.4 is 0 Å². The molecule has 1 rings (SSSR count). The molecule has 0 bridgehead atoms. The maximum absolute atomic E-state index is 13.4. The van der Waals surface area contributed by atoms with E-state index < -0.39 is 5.41 Å². The molecule has 0 radical (unpaired) electrons. The van der Waals surface area contributed by atoms with Crippen LogP contribution in [0.15, 0.2) is 18.2 Å². The lowest BCUT2D eigenvalue weighted by Crippen LogP contribution is -2.20. The van der Waals surface area contributed by atoms with E-state index >= 15 is 0 Å². The molecule has 1 aromatic carbocycles. The number of rotatable bonds is 2. The van der Waals surface area contributed by atoms with Gasteiger partial charge in [-0.3, -0.25) is 4.79 Å². The first-order valence-electron chi connectivity index (χ1n) is 4.75. The molecule has 0 aliphatic carbocycles. The molecule has 0 saturated heterocycles. The molecule has 1 nitrogen and oxygen atoms in total. The van der Waals surface area contributed by atoms with E-state index in [1.54, 1.807) is 12.1 Å². The van der Waals surface area contributed by atoms with E-state index in [9.17, 15) is 9.18 Å². The lowest BCUT2D eigenvalue weighted by Gasteiger charge is -2.16. The largest absolute Gasteiger partial charge is 0.294 e. The van der Waals surface area contributed by atoms with E-state index in [2.05, 4.69) is 15.9 Å². The zero-order valence-corrected chi connectivity index (χ0v) is 10.7. The van der Waals surface area contributed by atoms with Crippen molar-refractivity contribution in [3.8, 4) is 0 Å². The first-order valence-corrected chi connectivity index (χ1v) is 5.87. The van der Waals surface area contributed by atoms with Crippen molar-refractivity contribution < 1.29 is 9.18 Å². The van der Waals surface area contributed by atoms with Gasteiger partial charge in [-0.05, 0) is 11.6 Å². The number of alkyl halides is 1. The van der Waals surface area contributed by atoms with Crippen LogP contribution >= 0.6 is 15.9 Å². The third-order valence-electron chi connectivity index (χ3n) is 2.14. The average Bonchev–Trinajstić information content (AvgIpc) is 2.15. The van der Waals surface area contributed by atoms with Gasteiger partial charge >= 0.3 is 0 Å². The number of hydrogen-bond donors (Lipinski definition) is 0. The van der Waals surface area contributed by atoms with Crippen molar-refractivity contribution in [1.29, 1.82) is 0 Å². The smallest absolute Gasteiger partial charge is 0.168 e. The third kappa shape index (κ3) is 2.88. The molecule has 82 valence electrons. The van der Waals surface area contributed by atoms with Gasteiger partial charge in [-0.1, -0.05) is 48.8 Å². The summed E-state index contributed by atoms with van der Waals surface area (Å²) in [5.74, 6) is -0.371. The molecule has 0 spiro atoms. The van der Waals surface area contributed by atoms with Crippen molar-refractivity contribution in [2.75, 3.05) is 0 Å². The number of carbonyl (C=O) groups is 1. The molecule has 0 amide bonds. The summed E-state index contributed by atoms with van der Waals surface area (Å²) >= 11 is 3.18. The maximum Gasteiger partial charge on any atom is 0.168 e. The van der Waals surface area contributed by atoms with Crippen molar-refractivity contribution in [3.63, 3.8) is 0 Å². The van der Waals surface area contributed by atoms with E-state index in [0.29, 0.717) is 16.5 Å². The van der Waals surface area contributed by atoms with Crippen molar-refractivity contribution >= 4 is 21.7 Å². The molecular formula is C12H14BrFO. The van der Waals surface area contributed by atoms with Gasteiger partial charge in [0.2, 0.25) is 0 Å². The van der Waals surface area contributed by atoms with Gasteiger partial charge < -0.3 is 0 Å². The Balaban J connectivity index is 3.08. The highest BCUT2D eigenvalue weighted by molar-refractivity contribution is 9.08. The van der Waals surface area contributed by atoms with Gasteiger partial charge in [0.15, 0.2) is 5.78 Å². The lowest BCUT2D eigenvalue weighted by atomic mass is 9.86. The zero-order valence-electron chi connectivity index (χ0n) is 9.10. The Morgan fingerprint density at radius 3 is 2.40 bits per heavy atom. The second-order valence-corrected chi connectivity index (χ2v) is 5.08. The number of carbonyl (C=O) groups excluding carboxylic acids is 1. The van der Waals surface area contributed by atoms with Gasteiger partial charge in [0, 0.05) is 16.3 Å². The Morgan fingerprint density at radius 1 is 1.40 bits per heavy atom. The fourth-order valence-electron chi connectivity index (χ4n) is 1.23. The van der Waals surface area contributed by atoms with Crippen LogP contribution in [0.5, 0.6) is 0 Å². The van der Waals surface area contributed by atoms with Gasteiger partial charge in [-0.2, -0.15) is 0 Å². The van der Waals surface area contributed by atoms with E-state index in [1.807, 2.05) is 20.8 Å². The van der Waals surface area contributed by atoms with Gasteiger partial charge in [-0.15, -0.1) is 0 Å². The second kappa shape index (κ2) is 4.44. The topological polar surface area (TPSA) is 17.1 Å². The van der Waals surface area contributed by atoms with Crippen LogP contribution in [0.4, 0.5) is 4.39 Å². The number of benzene rings is 1. The highest BCUT2D eigenvalue weighted by Crippen LogP contribution is 2.22. The molecule has 0 unspecified atom stereocenters. The summed E-state index contributed by atoms with van der Waals surface area (Å²) in [5, 5.41) is 0.461. The van der Waals surface area contributed by atoms with Gasteiger partial charge in [0.05, 0.1) is 0 Å². The Hall–Kier alpha value is -0.700. The van der Waals surface area contributed by atoms with Crippen LogP contribution in [0.2, 0.25) is 0 Å². The predicted octanol–water partition coefficient (Wildman–Crippen LogP) is 3.95. The summed E-state index contributed by atoms with van der Waals surface area (Å²) in [5.41, 5.74) is 0.535. The van der Waals surface area contributed by atoms with Crippen LogP contribution in [0.3, 0.4) is 0 Å². The van der Waals surface area contributed by atoms with Crippen LogP contribution in [0.25, 0.3) is 0 Å². The van der Waals surface area contributed by atoms with E-state index in [0.717, 1.165) is 0 Å². The minimum Gasteiger partial charge on any atom is -0.294 e. The Labute approximate surface area is 97.8 Å². The summed E-state index contributed by atoms with van der Waals surface area (Å²) in [7, 11) is 0.